The van der Waals surface area contributed by atoms with Gasteiger partial charge in [0.15, 0.2) is 5.60 Å². The number of hydrogen-bond acceptors (Lipinski definition) is 2. The molecule has 1 N–H and O–H groups in total. The first-order valence-electron chi connectivity index (χ1n) is 6.39. The van der Waals surface area contributed by atoms with Crippen LogP contribution in [0.2, 0.25) is 0 Å². The normalized spacial score (nSPS) is 21.1. The van der Waals surface area contributed by atoms with Crippen molar-refractivity contribution < 1.29 is 18.3 Å². The zero-order valence-electron chi connectivity index (χ0n) is 11.1. The minimum Gasteiger partial charge on any atom is -0.375 e. The van der Waals surface area contributed by atoms with Gasteiger partial charge in [-0.1, -0.05) is 30.3 Å². The molecule has 0 amide bonds. The van der Waals surface area contributed by atoms with E-state index in [1.165, 1.54) is 12.1 Å². The van der Waals surface area contributed by atoms with Crippen molar-refractivity contribution in [1.29, 1.82) is 0 Å². The van der Waals surface area contributed by atoms with E-state index in [9.17, 15) is 18.3 Å². The third kappa shape index (κ3) is 2.05. The molecule has 0 fully saturated rings. The maximum atomic E-state index is 12.9. The van der Waals surface area contributed by atoms with Crippen molar-refractivity contribution in [3.05, 3.63) is 65.2 Å². The zero-order valence-corrected chi connectivity index (χ0v) is 11.1. The number of nitrogens with zero attached hydrogens (tertiary/aromatic N) is 1. The highest BCUT2D eigenvalue weighted by Gasteiger charge is 2.42. The Kier molecular flexibility index (Phi) is 2.92. The summed E-state index contributed by atoms with van der Waals surface area (Å²) in [5.41, 5.74) is -0.786. The Morgan fingerprint density at radius 2 is 1.76 bits per heavy atom. The van der Waals surface area contributed by atoms with Crippen molar-refractivity contribution in [1.82, 2.24) is 0 Å². The Hall–Kier alpha value is -2.14. The van der Waals surface area contributed by atoms with E-state index in [1.807, 2.05) is 0 Å². The Balaban J connectivity index is 2.19. The average Bonchev–Trinajstić information content (AvgIpc) is 2.71. The summed E-state index contributed by atoms with van der Waals surface area (Å²) in [6.45, 7) is 1.61. The first-order chi connectivity index (χ1) is 9.83. The van der Waals surface area contributed by atoms with Crippen molar-refractivity contribution in [2.45, 2.75) is 18.7 Å². The van der Waals surface area contributed by atoms with Crippen molar-refractivity contribution >= 4 is 11.4 Å². The van der Waals surface area contributed by atoms with Gasteiger partial charge >= 0.3 is 6.18 Å². The number of alkyl halides is 3. The number of fused-ring (bicyclic) bond motifs is 1. The first kappa shape index (κ1) is 13.8. The molecule has 2 aromatic carbocycles. The molecule has 0 aliphatic carbocycles. The van der Waals surface area contributed by atoms with Gasteiger partial charge in [0, 0.05) is 5.56 Å². The van der Waals surface area contributed by atoms with E-state index in [4.69, 9.17) is 0 Å². The molecule has 2 nitrogen and oxygen atoms in total. The largest absolute Gasteiger partial charge is 0.416 e. The SMILES string of the molecule is CC1=Nc2ccccc2C1(O)c1cccc(C(F)(F)F)c1. The van der Waals surface area contributed by atoms with Crippen LogP contribution in [0.4, 0.5) is 18.9 Å². The van der Waals surface area contributed by atoms with E-state index in [1.54, 1.807) is 31.2 Å². The van der Waals surface area contributed by atoms with Crippen molar-refractivity contribution in [2.75, 3.05) is 0 Å². The third-order valence-electron chi connectivity index (χ3n) is 3.71. The minimum atomic E-state index is -4.45. The van der Waals surface area contributed by atoms with Gasteiger partial charge in [0.2, 0.25) is 0 Å². The van der Waals surface area contributed by atoms with Gasteiger partial charge in [0.1, 0.15) is 0 Å². The highest BCUT2D eigenvalue weighted by molar-refractivity contribution is 6.01. The molecule has 1 aliphatic rings. The van der Waals surface area contributed by atoms with E-state index in [-0.39, 0.29) is 5.56 Å². The molecule has 0 aromatic heterocycles. The van der Waals surface area contributed by atoms with E-state index >= 15 is 0 Å². The predicted molar refractivity (Wildman–Crippen MR) is 73.7 cm³/mol. The van der Waals surface area contributed by atoms with Crippen LogP contribution in [-0.4, -0.2) is 10.8 Å². The van der Waals surface area contributed by atoms with Gasteiger partial charge in [-0.3, -0.25) is 4.99 Å². The van der Waals surface area contributed by atoms with Gasteiger partial charge < -0.3 is 5.11 Å². The van der Waals surface area contributed by atoms with Crippen LogP contribution >= 0.6 is 0 Å². The molecule has 1 heterocycles. The molecule has 108 valence electrons. The highest BCUT2D eigenvalue weighted by atomic mass is 19.4. The monoisotopic (exact) mass is 291 g/mol. The molecular formula is C16H12F3NO. The van der Waals surface area contributed by atoms with Crippen LogP contribution < -0.4 is 0 Å². The number of rotatable bonds is 1. The summed E-state index contributed by atoms with van der Waals surface area (Å²) in [5, 5.41) is 11.0. The molecule has 1 atom stereocenters. The van der Waals surface area contributed by atoms with Gasteiger partial charge in [0.25, 0.3) is 0 Å². The molecule has 0 radical (unpaired) electrons. The van der Waals surface area contributed by atoms with Crippen LogP contribution in [0.5, 0.6) is 0 Å². The third-order valence-corrected chi connectivity index (χ3v) is 3.71. The maximum Gasteiger partial charge on any atom is 0.416 e. The summed E-state index contributed by atoms with van der Waals surface area (Å²) in [6, 6.07) is 11.6. The van der Waals surface area contributed by atoms with E-state index in [2.05, 4.69) is 4.99 Å². The molecule has 5 heteroatoms. The van der Waals surface area contributed by atoms with Gasteiger partial charge in [-0.25, -0.2) is 0 Å². The number of benzene rings is 2. The lowest BCUT2D eigenvalue weighted by Crippen LogP contribution is -2.32. The average molecular weight is 291 g/mol. The summed E-state index contributed by atoms with van der Waals surface area (Å²) < 4.78 is 38.6. The van der Waals surface area contributed by atoms with Crippen LogP contribution in [0.3, 0.4) is 0 Å². The predicted octanol–water partition coefficient (Wildman–Crippen LogP) is 4.05. The van der Waals surface area contributed by atoms with Gasteiger partial charge in [-0.15, -0.1) is 0 Å². The number of aliphatic hydroxyl groups is 1. The van der Waals surface area contributed by atoms with E-state index in [0.717, 1.165) is 12.1 Å². The number of para-hydroxylation sites is 1. The van der Waals surface area contributed by atoms with Crippen molar-refractivity contribution in [2.24, 2.45) is 4.99 Å². The van der Waals surface area contributed by atoms with Crippen LogP contribution in [0, 0.1) is 0 Å². The summed E-state index contributed by atoms with van der Waals surface area (Å²) >= 11 is 0. The van der Waals surface area contributed by atoms with Gasteiger partial charge in [-0.05, 0) is 30.7 Å². The van der Waals surface area contributed by atoms with Crippen LogP contribution in [0.25, 0.3) is 0 Å². The lowest BCUT2D eigenvalue weighted by atomic mass is 9.83. The Bertz CT molecular complexity index is 736. The Labute approximate surface area is 119 Å². The Morgan fingerprint density at radius 3 is 2.48 bits per heavy atom. The lowest BCUT2D eigenvalue weighted by Gasteiger charge is -2.26. The second kappa shape index (κ2) is 4.43. The molecular weight excluding hydrogens is 279 g/mol. The quantitative estimate of drug-likeness (QED) is 0.844. The summed E-state index contributed by atoms with van der Waals surface area (Å²) in [5.74, 6) is 0. The fourth-order valence-electron chi connectivity index (χ4n) is 2.62. The molecule has 0 saturated carbocycles. The fourth-order valence-corrected chi connectivity index (χ4v) is 2.62. The molecule has 0 spiro atoms. The number of aliphatic imine (C=N–C) groups is 1. The van der Waals surface area contributed by atoms with E-state index in [0.29, 0.717) is 17.0 Å². The van der Waals surface area contributed by atoms with Gasteiger partial charge in [-0.2, -0.15) is 13.2 Å². The van der Waals surface area contributed by atoms with Crippen LogP contribution in [-0.2, 0) is 11.8 Å². The molecule has 1 unspecified atom stereocenters. The lowest BCUT2D eigenvalue weighted by molar-refractivity contribution is -0.137. The van der Waals surface area contributed by atoms with Gasteiger partial charge in [0.05, 0.1) is 17.0 Å². The minimum absolute atomic E-state index is 0.170. The fraction of sp³-hybridized carbons (Fsp3) is 0.188. The molecule has 0 bridgehead atoms. The topological polar surface area (TPSA) is 32.6 Å². The Morgan fingerprint density at radius 1 is 1.05 bits per heavy atom. The molecule has 3 rings (SSSR count). The summed E-state index contributed by atoms with van der Waals surface area (Å²) in [7, 11) is 0. The second-order valence-corrected chi connectivity index (χ2v) is 5.00. The highest BCUT2D eigenvalue weighted by Crippen LogP contribution is 2.43. The second-order valence-electron chi connectivity index (χ2n) is 5.00. The smallest absolute Gasteiger partial charge is 0.375 e. The van der Waals surface area contributed by atoms with Crippen LogP contribution in [0.1, 0.15) is 23.6 Å². The first-order valence-corrected chi connectivity index (χ1v) is 6.39. The summed E-state index contributed by atoms with van der Waals surface area (Å²) in [4.78, 5) is 4.26. The molecule has 1 aliphatic heterocycles. The van der Waals surface area contributed by atoms with Crippen LogP contribution in [0.15, 0.2) is 53.5 Å². The van der Waals surface area contributed by atoms with Crippen molar-refractivity contribution in [3.8, 4) is 0 Å². The maximum absolute atomic E-state index is 12.9. The molecule has 2 aromatic rings. The zero-order chi connectivity index (χ0) is 15.3. The molecule has 0 saturated heterocycles. The number of hydrogen-bond donors (Lipinski definition) is 1. The standard InChI is InChI=1S/C16H12F3NO/c1-10-15(21,13-7-2-3-8-14(13)20-10)11-5-4-6-12(9-11)16(17,18)19/h2-9,21H,1H3. The summed E-state index contributed by atoms with van der Waals surface area (Å²) in [6.07, 6.45) is -4.45. The van der Waals surface area contributed by atoms with E-state index < -0.39 is 17.3 Å². The molecule has 21 heavy (non-hydrogen) atoms. The number of halogens is 3. The van der Waals surface area contributed by atoms with Crippen molar-refractivity contribution in [3.63, 3.8) is 0 Å².